The number of carbonyl (C=O) groups excluding carboxylic acids is 1. The minimum Gasteiger partial charge on any atom is -0.303 e. The van der Waals surface area contributed by atoms with Crippen LogP contribution in [0.15, 0.2) is 0 Å². The predicted molar refractivity (Wildman–Crippen MR) is 133 cm³/mol. The Bertz CT molecular complexity index is 400. The highest BCUT2D eigenvalue weighted by Gasteiger charge is 2.26. The average Bonchev–Trinajstić information content (AvgIpc) is 3.05. The summed E-state index contributed by atoms with van der Waals surface area (Å²) in [6.45, 7) is 11.2. The lowest BCUT2D eigenvalue weighted by Gasteiger charge is -2.26. The normalized spacial score (nSPS) is 20.2. The molecule has 2 atom stereocenters. The van der Waals surface area contributed by atoms with Gasteiger partial charge in [0.1, 0.15) is 6.29 Å². The first-order valence-electron chi connectivity index (χ1n) is 12.0. The Morgan fingerprint density at radius 1 is 0.897 bits per heavy atom. The lowest BCUT2D eigenvalue weighted by Crippen LogP contribution is -2.33. The van der Waals surface area contributed by atoms with Crippen molar-refractivity contribution in [2.75, 3.05) is 44.7 Å². The second kappa shape index (κ2) is 17.9. The lowest BCUT2D eigenvalue weighted by molar-refractivity contribution is -0.107. The molecule has 2 unspecified atom stereocenters. The van der Waals surface area contributed by atoms with Crippen molar-refractivity contribution in [1.82, 2.24) is 13.5 Å². The summed E-state index contributed by atoms with van der Waals surface area (Å²) in [5, 5.41) is 0. The summed E-state index contributed by atoms with van der Waals surface area (Å²) in [7, 11) is 2.30. The van der Waals surface area contributed by atoms with Gasteiger partial charge in [-0.05, 0) is 46.1 Å². The zero-order chi connectivity index (χ0) is 21.3. The highest BCUT2D eigenvalue weighted by Crippen LogP contribution is 2.25. The van der Waals surface area contributed by atoms with Gasteiger partial charge < -0.3 is 9.69 Å². The van der Waals surface area contributed by atoms with E-state index in [1.807, 2.05) is 11.9 Å². The molecule has 1 heterocycles. The molecular weight excluding hydrogens is 398 g/mol. The molecule has 1 aliphatic heterocycles. The first-order valence-corrected chi connectivity index (χ1v) is 13.9. The number of aldehydes is 1. The highest BCUT2D eigenvalue weighted by molar-refractivity contribution is 7.97. The number of unbranched alkanes of at least 4 members (excludes halogenated alkanes) is 5. The molecule has 0 spiro atoms. The van der Waals surface area contributed by atoms with E-state index in [9.17, 15) is 4.79 Å². The molecule has 0 aromatic rings. The highest BCUT2D eigenvalue weighted by atomic mass is 32.2. The molecule has 29 heavy (non-hydrogen) atoms. The molecule has 0 aromatic heterocycles. The van der Waals surface area contributed by atoms with Crippen molar-refractivity contribution in [2.24, 2.45) is 0 Å². The number of hydrogen-bond donors (Lipinski definition) is 0. The number of carbonyl (C=O) groups is 1. The summed E-state index contributed by atoms with van der Waals surface area (Å²) < 4.78 is 4.90. The van der Waals surface area contributed by atoms with Gasteiger partial charge in [0, 0.05) is 56.2 Å². The second-order valence-electron chi connectivity index (χ2n) is 8.32. The van der Waals surface area contributed by atoms with Crippen LogP contribution in [0.5, 0.6) is 0 Å². The standard InChI is InChI=1S/C23H47N3OS2/c1-5-25(17-13-19-27)28-20-11-9-7-8-10-12-21-29-26(6-2)18-16-23-15-14-22(3)24(23)4/h19,22-23H,5-18,20-21H2,1-4H3. The van der Waals surface area contributed by atoms with Gasteiger partial charge in [0.05, 0.1) is 0 Å². The van der Waals surface area contributed by atoms with Crippen LogP contribution in [0.25, 0.3) is 0 Å². The molecule has 4 nitrogen and oxygen atoms in total. The summed E-state index contributed by atoms with van der Waals surface area (Å²) in [4.78, 5) is 13.1. The van der Waals surface area contributed by atoms with E-state index < -0.39 is 0 Å². The van der Waals surface area contributed by atoms with Crippen LogP contribution in [0.1, 0.15) is 85.0 Å². The van der Waals surface area contributed by atoms with Crippen LogP contribution in [0.3, 0.4) is 0 Å². The maximum absolute atomic E-state index is 10.5. The molecule has 0 N–H and O–H groups in total. The predicted octanol–water partition coefficient (Wildman–Crippen LogP) is 5.73. The quantitative estimate of drug-likeness (QED) is 0.143. The lowest BCUT2D eigenvalue weighted by atomic mass is 10.1. The van der Waals surface area contributed by atoms with Gasteiger partial charge in [0.25, 0.3) is 0 Å². The Morgan fingerprint density at radius 3 is 1.93 bits per heavy atom. The minimum atomic E-state index is 0.658. The van der Waals surface area contributed by atoms with E-state index in [0.29, 0.717) is 6.42 Å². The van der Waals surface area contributed by atoms with Gasteiger partial charge in [0.15, 0.2) is 0 Å². The molecule has 0 saturated carbocycles. The van der Waals surface area contributed by atoms with Crippen LogP contribution in [-0.4, -0.2) is 76.6 Å². The van der Waals surface area contributed by atoms with E-state index in [1.165, 1.54) is 75.8 Å². The van der Waals surface area contributed by atoms with Crippen molar-refractivity contribution in [2.45, 2.75) is 97.1 Å². The first-order chi connectivity index (χ1) is 14.1. The summed E-state index contributed by atoms with van der Waals surface area (Å²) in [5.74, 6) is 2.48. The molecule has 1 fully saturated rings. The molecule has 0 amide bonds. The first kappa shape index (κ1) is 27.3. The molecule has 0 aliphatic carbocycles. The fraction of sp³-hybridized carbons (Fsp3) is 0.957. The molecule has 1 aliphatic rings. The van der Waals surface area contributed by atoms with Gasteiger partial charge >= 0.3 is 0 Å². The third-order valence-electron chi connectivity index (χ3n) is 6.19. The van der Waals surface area contributed by atoms with E-state index >= 15 is 0 Å². The van der Waals surface area contributed by atoms with Gasteiger partial charge in [-0.25, -0.2) is 0 Å². The van der Waals surface area contributed by atoms with Gasteiger partial charge in [-0.2, -0.15) is 0 Å². The molecule has 1 rings (SSSR count). The number of likely N-dealkylation sites (tertiary alicyclic amines) is 1. The molecule has 0 radical (unpaired) electrons. The van der Waals surface area contributed by atoms with E-state index in [4.69, 9.17) is 0 Å². The number of rotatable bonds is 19. The van der Waals surface area contributed by atoms with Crippen LogP contribution < -0.4 is 0 Å². The van der Waals surface area contributed by atoms with Crippen molar-refractivity contribution < 1.29 is 4.79 Å². The minimum absolute atomic E-state index is 0.658. The van der Waals surface area contributed by atoms with Crippen molar-refractivity contribution in [1.29, 1.82) is 0 Å². The van der Waals surface area contributed by atoms with Crippen molar-refractivity contribution in [3.05, 3.63) is 0 Å². The average molecular weight is 446 g/mol. The summed E-state index contributed by atoms with van der Waals surface area (Å²) in [6, 6.07) is 1.57. The summed E-state index contributed by atoms with van der Waals surface area (Å²) >= 11 is 3.99. The molecule has 0 bridgehead atoms. The Morgan fingerprint density at radius 2 is 1.45 bits per heavy atom. The summed E-state index contributed by atoms with van der Waals surface area (Å²) in [6.07, 6.45) is 13.9. The number of nitrogens with zero attached hydrogens (tertiary/aromatic N) is 3. The molecule has 1 saturated heterocycles. The van der Waals surface area contributed by atoms with Crippen LogP contribution in [0.4, 0.5) is 0 Å². The van der Waals surface area contributed by atoms with E-state index in [1.54, 1.807) is 0 Å². The van der Waals surface area contributed by atoms with Gasteiger partial charge in [-0.1, -0.05) is 63.4 Å². The Kier molecular flexibility index (Phi) is 16.8. The summed E-state index contributed by atoms with van der Waals surface area (Å²) in [5.41, 5.74) is 0. The van der Waals surface area contributed by atoms with Gasteiger partial charge in [-0.15, -0.1) is 0 Å². The Labute approximate surface area is 190 Å². The molecule has 172 valence electrons. The fourth-order valence-electron chi connectivity index (χ4n) is 3.96. The van der Waals surface area contributed by atoms with Gasteiger partial charge in [-0.3, -0.25) is 8.61 Å². The molecular formula is C23H47N3OS2. The van der Waals surface area contributed by atoms with Crippen LogP contribution in [-0.2, 0) is 4.79 Å². The van der Waals surface area contributed by atoms with Crippen molar-refractivity contribution in [3.63, 3.8) is 0 Å². The van der Waals surface area contributed by atoms with E-state index in [-0.39, 0.29) is 0 Å². The third kappa shape index (κ3) is 12.6. The third-order valence-corrected chi connectivity index (χ3v) is 8.74. The zero-order valence-electron chi connectivity index (χ0n) is 19.6. The van der Waals surface area contributed by atoms with Crippen LogP contribution in [0, 0.1) is 0 Å². The van der Waals surface area contributed by atoms with Gasteiger partial charge in [0.2, 0.25) is 0 Å². The molecule has 0 aromatic carbocycles. The second-order valence-corrected chi connectivity index (χ2v) is 10.7. The van der Waals surface area contributed by atoms with Crippen molar-refractivity contribution in [3.8, 4) is 0 Å². The monoisotopic (exact) mass is 445 g/mol. The smallest absolute Gasteiger partial charge is 0.121 e. The number of hydrogen-bond acceptors (Lipinski definition) is 6. The topological polar surface area (TPSA) is 26.8 Å². The zero-order valence-corrected chi connectivity index (χ0v) is 21.2. The maximum Gasteiger partial charge on any atom is 0.121 e. The van der Waals surface area contributed by atoms with Crippen LogP contribution >= 0.6 is 23.9 Å². The van der Waals surface area contributed by atoms with E-state index in [0.717, 1.165) is 38.0 Å². The Hall–Kier alpha value is 0.250. The molecule has 6 heteroatoms. The SMILES string of the molecule is CCN(CCC=O)SCCCCCCCCSN(CC)CCC1CCC(C)N1C. The largest absolute Gasteiger partial charge is 0.303 e. The van der Waals surface area contributed by atoms with Crippen molar-refractivity contribution >= 4 is 30.2 Å². The fourth-order valence-corrected chi connectivity index (χ4v) is 5.98. The van der Waals surface area contributed by atoms with Crippen LogP contribution in [0.2, 0.25) is 0 Å². The maximum atomic E-state index is 10.5. The van der Waals surface area contributed by atoms with E-state index in [2.05, 4.69) is 53.3 Å². The Balaban J connectivity index is 1.93.